The standard InChI is InChI=1S/C17H26O4S.C7H7NO/c1-13-3-5-16(6-4-13)22-10-9-19-7-8-20-17-12-15(18)11-14(2)21-17;8-7(9)6-4-2-1-3-5-6/h3-6,14-15,17-18H,7-12H2,1-2H3;1-5H,(H2,8,9). The number of benzene rings is 2. The van der Waals surface area contributed by atoms with E-state index in [1.807, 2.05) is 13.0 Å². The zero-order chi connectivity index (χ0) is 22.5. The first-order valence-corrected chi connectivity index (χ1v) is 11.5. The molecule has 0 aromatic heterocycles. The lowest BCUT2D eigenvalue weighted by molar-refractivity contribution is -0.214. The van der Waals surface area contributed by atoms with Crippen molar-refractivity contribution in [1.82, 2.24) is 0 Å². The van der Waals surface area contributed by atoms with Gasteiger partial charge in [0.05, 0.1) is 32.0 Å². The van der Waals surface area contributed by atoms with Gasteiger partial charge in [-0.2, -0.15) is 0 Å². The number of hydrogen-bond donors (Lipinski definition) is 2. The predicted molar refractivity (Wildman–Crippen MR) is 123 cm³/mol. The second-order valence-electron chi connectivity index (χ2n) is 7.38. The van der Waals surface area contributed by atoms with Crippen molar-refractivity contribution in [3.8, 4) is 0 Å². The summed E-state index contributed by atoms with van der Waals surface area (Å²) in [6.07, 6.45) is 0.672. The van der Waals surface area contributed by atoms with Crippen molar-refractivity contribution in [1.29, 1.82) is 0 Å². The molecule has 0 bridgehead atoms. The van der Waals surface area contributed by atoms with E-state index < -0.39 is 0 Å². The molecule has 1 saturated heterocycles. The second kappa shape index (κ2) is 14.2. The molecule has 0 aliphatic carbocycles. The van der Waals surface area contributed by atoms with E-state index in [0.717, 1.165) is 5.75 Å². The third-order valence-electron chi connectivity index (χ3n) is 4.56. The van der Waals surface area contributed by atoms with Crippen LogP contribution in [-0.2, 0) is 14.2 Å². The number of rotatable bonds is 9. The molecule has 1 aliphatic rings. The maximum atomic E-state index is 10.4. The highest BCUT2D eigenvalue weighted by molar-refractivity contribution is 7.99. The molecule has 3 atom stereocenters. The first-order chi connectivity index (χ1) is 14.9. The van der Waals surface area contributed by atoms with Crippen LogP contribution in [0.2, 0.25) is 0 Å². The SMILES string of the molecule is Cc1ccc(SCCOCCOC2CC(O)CC(C)O2)cc1.NC(=O)c1ccccc1. The third kappa shape index (κ3) is 10.8. The predicted octanol–water partition coefficient (Wildman–Crippen LogP) is 3.79. The Balaban J connectivity index is 0.000000316. The van der Waals surface area contributed by atoms with Gasteiger partial charge >= 0.3 is 0 Å². The van der Waals surface area contributed by atoms with Crippen LogP contribution in [-0.4, -0.2) is 55.1 Å². The summed E-state index contributed by atoms with van der Waals surface area (Å²) in [7, 11) is 0. The molecule has 3 N–H and O–H groups in total. The lowest BCUT2D eigenvalue weighted by Crippen LogP contribution is -2.36. The summed E-state index contributed by atoms with van der Waals surface area (Å²) < 4.78 is 16.8. The fourth-order valence-corrected chi connectivity index (χ4v) is 3.74. The van der Waals surface area contributed by atoms with Gasteiger partial charge in [0.15, 0.2) is 6.29 Å². The summed E-state index contributed by atoms with van der Waals surface area (Å²) in [5.74, 6) is 0.550. The highest BCUT2D eigenvalue weighted by Gasteiger charge is 2.25. The maximum Gasteiger partial charge on any atom is 0.248 e. The van der Waals surface area contributed by atoms with Crippen molar-refractivity contribution in [2.75, 3.05) is 25.6 Å². The molecule has 0 saturated carbocycles. The molecule has 2 aromatic carbocycles. The molecule has 1 amide bonds. The Labute approximate surface area is 189 Å². The summed E-state index contributed by atoms with van der Waals surface area (Å²) in [4.78, 5) is 11.7. The van der Waals surface area contributed by atoms with Gasteiger partial charge in [0.2, 0.25) is 5.91 Å². The zero-order valence-corrected chi connectivity index (χ0v) is 19.1. The maximum absolute atomic E-state index is 10.4. The minimum Gasteiger partial charge on any atom is -0.393 e. The number of carbonyl (C=O) groups excluding carboxylic acids is 1. The zero-order valence-electron chi connectivity index (χ0n) is 18.2. The smallest absolute Gasteiger partial charge is 0.248 e. The van der Waals surface area contributed by atoms with Crippen LogP contribution in [0.3, 0.4) is 0 Å². The lowest BCUT2D eigenvalue weighted by Gasteiger charge is -2.31. The van der Waals surface area contributed by atoms with Crippen molar-refractivity contribution in [3.63, 3.8) is 0 Å². The Morgan fingerprint density at radius 2 is 1.81 bits per heavy atom. The van der Waals surface area contributed by atoms with Crippen LogP contribution in [0, 0.1) is 6.92 Å². The number of ether oxygens (including phenoxy) is 3. The van der Waals surface area contributed by atoms with Gasteiger partial charge in [-0.25, -0.2) is 0 Å². The Morgan fingerprint density at radius 3 is 2.42 bits per heavy atom. The molecule has 31 heavy (non-hydrogen) atoms. The number of nitrogens with two attached hydrogens (primary N) is 1. The van der Waals surface area contributed by atoms with E-state index in [-0.39, 0.29) is 24.4 Å². The number of carbonyl (C=O) groups is 1. The first-order valence-electron chi connectivity index (χ1n) is 10.5. The van der Waals surface area contributed by atoms with Crippen molar-refractivity contribution < 1.29 is 24.1 Å². The highest BCUT2D eigenvalue weighted by Crippen LogP contribution is 2.20. The van der Waals surface area contributed by atoms with Crippen molar-refractivity contribution >= 4 is 17.7 Å². The summed E-state index contributed by atoms with van der Waals surface area (Å²) in [6, 6.07) is 17.3. The van der Waals surface area contributed by atoms with Gasteiger partial charge in [-0.05, 0) is 44.5 Å². The highest BCUT2D eigenvalue weighted by atomic mass is 32.2. The van der Waals surface area contributed by atoms with Gasteiger partial charge in [-0.1, -0.05) is 35.9 Å². The van der Waals surface area contributed by atoms with Crippen LogP contribution in [0.1, 0.15) is 35.7 Å². The molecule has 0 spiro atoms. The molecule has 6 nitrogen and oxygen atoms in total. The summed E-state index contributed by atoms with van der Waals surface area (Å²) >= 11 is 1.79. The van der Waals surface area contributed by atoms with Crippen LogP contribution in [0.4, 0.5) is 0 Å². The van der Waals surface area contributed by atoms with Gasteiger partial charge in [0.25, 0.3) is 0 Å². The van der Waals surface area contributed by atoms with Crippen LogP contribution < -0.4 is 5.73 Å². The lowest BCUT2D eigenvalue weighted by atomic mass is 10.1. The van der Waals surface area contributed by atoms with Crippen LogP contribution in [0.25, 0.3) is 0 Å². The number of amides is 1. The molecule has 170 valence electrons. The number of primary amides is 1. The molecule has 7 heteroatoms. The van der Waals surface area contributed by atoms with Gasteiger partial charge in [0, 0.05) is 22.6 Å². The summed E-state index contributed by atoms with van der Waals surface area (Å²) in [6.45, 7) is 5.80. The molecule has 1 fully saturated rings. The quantitative estimate of drug-likeness (QED) is 0.449. The van der Waals surface area contributed by atoms with Gasteiger partial charge in [0.1, 0.15) is 0 Å². The van der Waals surface area contributed by atoms with Crippen LogP contribution in [0.5, 0.6) is 0 Å². The van der Waals surface area contributed by atoms with Gasteiger partial charge in [-0.3, -0.25) is 4.79 Å². The molecular weight excluding hydrogens is 414 g/mol. The van der Waals surface area contributed by atoms with E-state index in [2.05, 4.69) is 31.2 Å². The number of aliphatic hydroxyl groups is 1. The monoisotopic (exact) mass is 447 g/mol. The van der Waals surface area contributed by atoms with E-state index in [1.54, 1.807) is 36.0 Å². The first kappa shape index (κ1) is 25.4. The largest absolute Gasteiger partial charge is 0.393 e. The number of aliphatic hydroxyl groups excluding tert-OH is 1. The van der Waals surface area contributed by atoms with Gasteiger partial charge < -0.3 is 25.1 Å². The van der Waals surface area contributed by atoms with E-state index in [4.69, 9.17) is 19.9 Å². The molecule has 3 rings (SSSR count). The van der Waals surface area contributed by atoms with Crippen LogP contribution >= 0.6 is 11.8 Å². The second-order valence-corrected chi connectivity index (χ2v) is 8.54. The molecule has 0 radical (unpaired) electrons. The molecule has 1 aliphatic heterocycles. The Kier molecular flexibility index (Phi) is 11.6. The number of aryl methyl sites for hydroxylation is 1. The molecule has 1 heterocycles. The van der Waals surface area contributed by atoms with Crippen molar-refractivity contribution in [2.45, 2.75) is 50.1 Å². The fourth-order valence-electron chi connectivity index (χ4n) is 2.97. The van der Waals surface area contributed by atoms with Crippen LogP contribution in [0.15, 0.2) is 59.5 Å². The Bertz CT molecular complexity index is 746. The number of thioether (sulfide) groups is 1. The van der Waals surface area contributed by atoms with Crippen molar-refractivity contribution in [2.24, 2.45) is 5.73 Å². The fraction of sp³-hybridized carbons (Fsp3) is 0.458. The van der Waals surface area contributed by atoms with Gasteiger partial charge in [-0.15, -0.1) is 11.8 Å². The molecule has 3 unspecified atom stereocenters. The average molecular weight is 448 g/mol. The molecular formula is C24H33NO5S. The third-order valence-corrected chi connectivity index (χ3v) is 5.54. The normalized spacial score (nSPS) is 20.5. The van der Waals surface area contributed by atoms with E-state index in [9.17, 15) is 9.90 Å². The van der Waals surface area contributed by atoms with Crippen molar-refractivity contribution in [3.05, 3.63) is 65.7 Å². The van der Waals surface area contributed by atoms with E-state index in [1.165, 1.54) is 10.5 Å². The minimum absolute atomic E-state index is 0.0561. The minimum atomic E-state index is -0.379. The average Bonchev–Trinajstić information content (AvgIpc) is 2.75. The summed E-state index contributed by atoms with van der Waals surface area (Å²) in [5, 5.41) is 9.65. The Hall–Kier alpha value is -1.90. The Morgan fingerprint density at radius 1 is 1.10 bits per heavy atom. The number of hydrogen-bond acceptors (Lipinski definition) is 6. The van der Waals surface area contributed by atoms with E-state index in [0.29, 0.717) is 38.2 Å². The topological polar surface area (TPSA) is 91.0 Å². The molecule has 2 aromatic rings. The van der Waals surface area contributed by atoms with E-state index >= 15 is 0 Å². The summed E-state index contributed by atoms with van der Waals surface area (Å²) in [5.41, 5.74) is 6.81.